The van der Waals surface area contributed by atoms with Crippen molar-refractivity contribution in [2.45, 2.75) is 19.1 Å². The van der Waals surface area contributed by atoms with E-state index in [2.05, 4.69) is 29.7 Å². The standard InChI is InChI=1S/C27H30N2O4S/c1-19-8-4-5-9-21(19)17-34-18-26(30)29-23-11-7-6-10-22(23)27(31)28-15-14-20-12-13-24(32-2)25(16-20)33-3/h4-13,16H,14-15,17-18H2,1-3H3,(H,28,31)(H,29,30). The van der Waals surface area contributed by atoms with Crippen LogP contribution in [0.25, 0.3) is 0 Å². The van der Waals surface area contributed by atoms with E-state index in [9.17, 15) is 9.59 Å². The first kappa shape index (κ1) is 25.2. The normalized spacial score (nSPS) is 10.4. The molecule has 3 aromatic rings. The molecule has 0 aromatic heterocycles. The summed E-state index contributed by atoms with van der Waals surface area (Å²) < 4.78 is 10.6. The zero-order valence-corrected chi connectivity index (χ0v) is 20.5. The quantitative estimate of drug-likeness (QED) is 0.412. The molecule has 0 spiro atoms. The fraction of sp³-hybridized carbons (Fsp3) is 0.259. The van der Waals surface area contributed by atoms with Crippen LogP contribution in [0.4, 0.5) is 5.69 Å². The van der Waals surface area contributed by atoms with Crippen molar-refractivity contribution in [2.24, 2.45) is 0 Å². The molecule has 0 aliphatic heterocycles. The van der Waals surface area contributed by atoms with Crippen molar-refractivity contribution in [1.82, 2.24) is 5.32 Å². The molecule has 34 heavy (non-hydrogen) atoms. The van der Waals surface area contributed by atoms with E-state index < -0.39 is 0 Å². The molecule has 0 unspecified atom stereocenters. The van der Waals surface area contributed by atoms with Gasteiger partial charge in [0.05, 0.1) is 31.2 Å². The number of hydrogen-bond donors (Lipinski definition) is 2. The fourth-order valence-electron chi connectivity index (χ4n) is 3.45. The highest BCUT2D eigenvalue weighted by molar-refractivity contribution is 7.99. The molecule has 178 valence electrons. The molecule has 3 aromatic carbocycles. The molecule has 3 rings (SSSR count). The number of hydrogen-bond acceptors (Lipinski definition) is 5. The van der Waals surface area contributed by atoms with Crippen molar-refractivity contribution < 1.29 is 19.1 Å². The van der Waals surface area contributed by atoms with Crippen molar-refractivity contribution in [3.05, 3.63) is 89.0 Å². The summed E-state index contributed by atoms with van der Waals surface area (Å²) in [4.78, 5) is 25.3. The second kappa shape index (κ2) is 12.7. The highest BCUT2D eigenvalue weighted by atomic mass is 32.2. The lowest BCUT2D eigenvalue weighted by Crippen LogP contribution is -2.27. The van der Waals surface area contributed by atoms with Gasteiger partial charge in [0, 0.05) is 12.3 Å². The average Bonchev–Trinajstić information content (AvgIpc) is 2.85. The van der Waals surface area contributed by atoms with Gasteiger partial charge >= 0.3 is 0 Å². The van der Waals surface area contributed by atoms with Crippen LogP contribution in [0.3, 0.4) is 0 Å². The Bertz CT molecular complexity index is 1130. The molecule has 0 bridgehead atoms. The number of rotatable bonds is 11. The summed E-state index contributed by atoms with van der Waals surface area (Å²) >= 11 is 1.55. The Morgan fingerprint density at radius 2 is 1.65 bits per heavy atom. The van der Waals surface area contributed by atoms with E-state index in [4.69, 9.17) is 9.47 Å². The number of carbonyl (C=O) groups is 2. The van der Waals surface area contributed by atoms with Gasteiger partial charge in [-0.2, -0.15) is 0 Å². The molecule has 7 heteroatoms. The molecule has 0 radical (unpaired) electrons. The highest BCUT2D eigenvalue weighted by Crippen LogP contribution is 2.27. The molecule has 0 aliphatic carbocycles. The maximum Gasteiger partial charge on any atom is 0.253 e. The van der Waals surface area contributed by atoms with Gasteiger partial charge in [-0.1, -0.05) is 42.5 Å². The maximum absolute atomic E-state index is 12.8. The minimum atomic E-state index is -0.232. The van der Waals surface area contributed by atoms with Gasteiger partial charge in [-0.3, -0.25) is 9.59 Å². The minimum absolute atomic E-state index is 0.135. The van der Waals surface area contributed by atoms with Crippen LogP contribution in [0.5, 0.6) is 11.5 Å². The van der Waals surface area contributed by atoms with E-state index in [1.54, 1.807) is 50.2 Å². The summed E-state index contributed by atoms with van der Waals surface area (Å²) in [6, 6.07) is 20.9. The van der Waals surface area contributed by atoms with Crippen LogP contribution in [0.1, 0.15) is 27.0 Å². The number of ether oxygens (including phenoxy) is 2. The number of aryl methyl sites for hydroxylation is 1. The van der Waals surface area contributed by atoms with Gasteiger partial charge in [-0.05, 0) is 54.3 Å². The summed E-state index contributed by atoms with van der Waals surface area (Å²) in [5.41, 5.74) is 4.39. The molecule has 6 nitrogen and oxygen atoms in total. The predicted molar refractivity (Wildman–Crippen MR) is 138 cm³/mol. The third kappa shape index (κ3) is 7.02. The average molecular weight is 479 g/mol. The van der Waals surface area contributed by atoms with E-state index in [0.717, 1.165) is 11.3 Å². The molecule has 2 N–H and O–H groups in total. The van der Waals surface area contributed by atoms with Gasteiger partial charge in [-0.25, -0.2) is 0 Å². The van der Waals surface area contributed by atoms with Crippen LogP contribution in [0.2, 0.25) is 0 Å². The first-order chi connectivity index (χ1) is 16.5. The molecule has 2 amide bonds. The van der Waals surface area contributed by atoms with Crippen LogP contribution in [0.15, 0.2) is 66.7 Å². The summed E-state index contributed by atoms with van der Waals surface area (Å²) in [7, 11) is 3.19. The van der Waals surface area contributed by atoms with E-state index in [1.165, 1.54) is 11.1 Å². The first-order valence-electron chi connectivity index (χ1n) is 11.0. The molecule has 0 saturated carbocycles. The lowest BCUT2D eigenvalue weighted by atomic mass is 10.1. The van der Waals surface area contributed by atoms with Gasteiger partial charge < -0.3 is 20.1 Å². The van der Waals surface area contributed by atoms with E-state index in [0.29, 0.717) is 41.5 Å². The molecular weight excluding hydrogens is 448 g/mol. The zero-order chi connectivity index (χ0) is 24.3. The van der Waals surface area contributed by atoms with Crippen LogP contribution < -0.4 is 20.1 Å². The Hall–Kier alpha value is -3.45. The van der Waals surface area contributed by atoms with Crippen LogP contribution >= 0.6 is 11.8 Å². The largest absolute Gasteiger partial charge is 0.493 e. The minimum Gasteiger partial charge on any atom is -0.493 e. The van der Waals surface area contributed by atoms with Gasteiger partial charge in [0.1, 0.15) is 0 Å². The number of anilines is 1. The van der Waals surface area contributed by atoms with Crippen LogP contribution in [-0.2, 0) is 17.0 Å². The van der Waals surface area contributed by atoms with E-state index in [1.807, 2.05) is 30.3 Å². The molecule has 0 aliphatic rings. The van der Waals surface area contributed by atoms with Crippen LogP contribution in [-0.4, -0.2) is 38.3 Å². The number of para-hydroxylation sites is 1. The van der Waals surface area contributed by atoms with Crippen LogP contribution in [0, 0.1) is 6.92 Å². The third-order valence-corrected chi connectivity index (χ3v) is 6.33. The Morgan fingerprint density at radius 3 is 2.41 bits per heavy atom. The monoisotopic (exact) mass is 478 g/mol. The third-order valence-electron chi connectivity index (χ3n) is 5.34. The van der Waals surface area contributed by atoms with E-state index >= 15 is 0 Å². The van der Waals surface area contributed by atoms with Crippen molar-refractivity contribution in [3.63, 3.8) is 0 Å². The molecule has 0 heterocycles. The summed E-state index contributed by atoms with van der Waals surface area (Å²) in [6.07, 6.45) is 0.635. The zero-order valence-electron chi connectivity index (χ0n) is 19.7. The number of methoxy groups -OCH3 is 2. The summed E-state index contributed by atoms with van der Waals surface area (Å²) in [5.74, 6) is 2.02. The lowest BCUT2D eigenvalue weighted by molar-refractivity contribution is -0.113. The van der Waals surface area contributed by atoms with Gasteiger partial charge in [-0.15, -0.1) is 11.8 Å². The second-order valence-corrected chi connectivity index (χ2v) is 8.69. The number of nitrogens with one attached hydrogen (secondary N) is 2. The van der Waals surface area contributed by atoms with Gasteiger partial charge in [0.2, 0.25) is 5.91 Å². The number of thioether (sulfide) groups is 1. The lowest BCUT2D eigenvalue weighted by Gasteiger charge is -2.12. The van der Waals surface area contributed by atoms with Crippen molar-refractivity contribution in [3.8, 4) is 11.5 Å². The van der Waals surface area contributed by atoms with Gasteiger partial charge in [0.25, 0.3) is 5.91 Å². The number of benzene rings is 3. The molecule has 0 fully saturated rings. The topological polar surface area (TPSA) is 76.7 Å². The van der Waals surface area contributed by atoms with Gasteiger partial charge in [0.15, 0.2) is 11.5 Å². The Labute approximate surface area is 205 Å². The first-order valence-corrected chi connectivity index (χ1v) is 12.2. The number of amides is 2. The highest BCUT2D eigenvalue weighted by Gasteiger charge is 2.13. The second-order valence-electron chi connectivity index (χ2n) is 7.71. The van der Waals surface area contributed by atoms with Crippen molar-refractivity contribution in [1.29, 1.82) is 0 Å². The smallest absolute Gasteiger partial charge is 0.253 e. The fourth-order valence-corrected chi connectivity index (χ4v) is 4.36. The van der Waals surface area contributed by atoms with Crippen molar-refractivity contribution >= 4 is 29.3 Å². The molecule has 0 atom stereocenters. The molecule has 0 saturated heterocycles. The number of carbonyl (C=O) groups excluding carboxylic acids is 2. The summed E-state index contributed by atoms with van der Waals surface area (Å²) in [6.45, 7) is 2.51. The SMILES string of the molecule is COc1ccc(CCNC(=O)c2ccccc2NC(=O)CSCc2ccccc2C)cc1OC. The predicted octanol–water partition coefficient (Wildman–Crippen LogP) is 4.86. The summed E-state index contributed by atoms with van der Waals surface area (Å²) in [5, 5.41) is 5.81. The molecular formula is C27H30N2O4S. The Balaban J connectivity index is 1.52. The van der Waals surface area contributed by atoms with Crippen molar-refractivity contribution in [2.75, 3.05) is 31.8 Å². The van der Waals surface area contributed by atoms with E-state index in [-0.39, 0.29) is 11.8 Å². The maximum atomic E-state index is 12.8. The Kier molecular flexibility index (Phi) is 9.40. The Morgan fingerprint density at radius 1 is 0.912 bits per heavy atom.